The summed E-state index contributed by atoms with van der Waals surface area (Å²) in [5.41, 5.74) is -0.0993. The number of pyridine rings is 1. The summed E-state index contributed by atoms with van der Waals surface area (Å²) in [5, 5.41) is -0.417. The fraction of sp³-hybridized carbons (Fsp3) is 0.353. The van der Waals surface area contributed by atoms with Crippen LogP contribution in [-0.2, 0) is 16.0 Å². The molecular weight excluding hydrogens is 423 g/mol. The van der Waals surface area contributed by atoms with Crippen LogP contribution in [0.5, 0.6) is 11.6 Å². The topological polar surface area (TPSA) is 56.3 Å². The number of rotatable bonds is 4. The maximum atomic E-state index is 12.8. The molecule has 0 saturated carbocycles. The van der Waals surface area contributed by atoms with Crippen LogP contribution in [0.2, 0.25) is 5.15 Å². The Hall–Kier alpha value is -1.45. The van der Waals surface area contributed by atoms with E-state index in [0.29, 0.717) is 12.2 Å². The van der Waals surface area contributed by atoms with Gasteiger partial charge in [-0.1, -0.05) is 17.7 Å². The summed E-state index contributed by atoms with van der Waals surface area (Å²) in [6.07, 6.45) is -2.83. The van der Waals surface area contributed by atoms with Crippen LogP contribution in [0, 0.1) is 0 Å². The zero-order valence-electron chi connectivity index (χ0n) is 14.0. The van der Waals surface area contributed by atoms with Crippen molar-refractivity contribution in [1.82, 2.24) is 4.98 Å². The first kappa shape index (κ1) is 20.3. The van der Waals surface area contributed by atoms with Crippen LogP contribution in [0.1, 0.15) is 22.8 Å². The van der Waals surface area contributed by atoms with Gasteiger partial charge in [-0.15, -0.1) is 0 Å². The summed E-state index contributed by atoms with van der Waals surface area (Å²) in [4.78, 5) is 3.99. The number of nitrogens with zero attached hydrogens (tertiary/aromatic N) is 1. The zero-order valence-corrected chi connectivity index (χ0v) is 16.4. The van der Waals surface area contributed by atoms with Crippen molar-refractivity contribution in [3.8, 4) is 11.6 Å². The van der Waals surface area contributed by atoms with Gasteiger partial charge in [0.1, 0.15) is 10.9 Å². The Bertz CT molecular complexity index is 951. The Morgan fingerprint density at radius 1 is 1.26 bits per heavy atom. The molecule has 1 aliphatic heterocycles. The van der Waals surface area contributed by atoms with E-state index < -0.39 is 26.8 Å². The van der Waals surface area contributed by atoms with Crippen LogP contribution in [0.15, 0.2) is 36.4 Å². The molecule has 1 aromatic heterocycles. The highest BCUT2D eigenvalue weighted by Crippen LogP contribution is 2.43. The van der Waals surface area contributed by atoms with Crippen molar-refractivity contribution in [3.05, 3.63) is 52.7 Å². The van der Waals surface area contributed by atoms with E-state index in [1.165, 1.54) is 30.2 Å². The van der Waals surface area contributed by atoms with E-state index >= 15 is 0 Å². The molecule has 1 aromatic carbocycles. The minimum atomic E-state index is -4.48. The fourth-order valence-electron chi connectivity index (χ4n) is 2.72. The van der Waals surface area contributed by atoms with Crippen LogP contribution in [0.3, 0.4) is 0 Å². The normalized spacial score (nSPS) is 20.6. The lowest BCUT2D eigenvalue weighted by Crippen LogP contribution is -2.18. The lowest BCUT2D eigenvalue weighted by molar-refractivity contribution is -0.137. The van der Waals surface area contributed by atoms with Crippen molar-refractivity contribution in [1.29, 1.82) is 0 Å². The van der Waals surface area contributed by atoms with Gasteiger partial charge in [0.05, 0.1) is 10.8 Å². The molecule has 2 unspecified atom stereocenters. The van der Waals surface area contributed by atoms with Gasteiger partial charge in [-0.2, -0.15) is 24.9 Å². The molecule has 0 bridgehead atoms. The maximum Gasteiger partial charge on any atom is 0.416 e. The van der Waals surface area contributed by atoms with Crippen molar-refractivity contribution in [3.63, 3.8) is 0 Å². The number of ether oxygens (including phenoxy) is 1. The molecule has 146 valence electrons. The van der Waals surface area contributed by atoms with Crippen molar-refractivity contribution in [2.45, 2.75) is 23.1 Å². The summed E-state index contributed by atoms with van der Waals surface area (Å²) >= 11 is 7.52. The Balaban J connectivity index is 1.83. The molecular formula is C17H15ClF3NO3S2. The summed E-state index contributed by atoms with van der Waals surface area (Å²) in [6.45, 7) is 0. The first-order chi connectivity index (χ1) is 12.5. The molecule has 2 aromatic rings. The molecule has 0 aliphatic carbocycles. The molecule has 1 aliphatic rings. The Morgan fingerprint density at radius 3 is 2.63 bits per heavy atom. The molecule has 10 heteroatoms. The van der Waals surface area contributed by atoms with E-state index in [1.54, 1.807) is 12.1 Å². The van der Waals surface area contributed by atoms with Gasteiger partial charge in [-0.05, 0) is 36.2 Å². The Labute approximate surface area is 164 Å². The van der Waals surface area contributed by atoms with E-state index in [9.17, 15) is 21.6 Å². The SMILES string of the molecule is CS(=O)(=O)C1CSC(c2cc(Cl)nc(Oc3cccc(C(F)(F)F)c3)c2)C1. The Morgan fingerprint density at radius 2 is 2.00 bits per heavy atom. The standard InChI is InChI=1S/C17H15ClF3NO3S2/c1-27(23,24)13-8-14(26-9-13)10-5-15(18)22-16(6-10)25-12-4-2-3-11(7-12)17(19,20)21/h2-7,13-14H,8-9H2,1H3. The zero-order chi connectivity index (χ0) is 19.8. The molecule has 0 amide bonds. The van der Waals surface area contributed by atoms with Crippen molar-refractivity contribution < 1.29 is 26.3 Å². The third-order valence-corrected chi connectivity index (χ3v) is 7.55. The third kappa shape index (κ3) is 5.08. The molecule has 3 rings (SSSR count). The summed E-state index contributed by atoms with van der Waals surface area (Å²) in [7, 11) is -3.14. The Kier molecular flexibility index (Phi) is 5.65. The molecule has 0 spiro atoms. The number of hydrogen-bond acceptors (Lipinski definition) is 5. The van der Waals surface area contributed by atoms with Crippen LogP contribution in [0.25, 0.3) is 0 Å². The summed E-state index contributed by atoms with van der Waals surface area (Å²) in [6, 6.07) is 7.66. The highest BCUT2D eigenvalue weighted by atomic mass is 35.5. The average molecular weight is 438 g/mol. The van der Waals surface area contributed by atoms with Crippen LogP contribution in [0.4, 0.5) is 13.2 Å². The number of halogens is 4. The molecule has 2 heterocycles. The monoisotopic (exact) mass is 437 g/mol. The van der Waals surface area contributed by atoms with Crippen LogP contribution in [-0.4, -0.2) is 30.7 Å². The molecule has 4 nitrogen and oxygen atoms in total. The number of hydrogen-bond donors (Lipinski definition) is 0. The van der Waals surface area contributed by atoms with Gasteiger partial charge >= 0.3 is 6.18 Å². The second-order valence-corrected chi connectivity index (χ2v) is 10.1. The van der Waals surface area contributed by atoms with Crippen molar-refractivity contribution >= 4 is 33.2 Å². The molecule has 2 atom stereocenters. The quantitative estimate of drug-likeness (QED) is 0.620. The van der Waals surface area contributed by atoms with Crippen molar-refractivity contribution in [2.24, 2.45) is 0 Å². The van der Waals surface area contributed by atoms with E-state index in [4.69, 9.17) is 16.3 Å². The van der Waals surface area contributed by atoms with Gasteiger partial charge in [0.2, 0.25) is 5.88 Å². The first-order valence-electron chi connectivity index (χ1n) is 7.85. The predicted octanol–water partition coefficient (Wildman–Crippen LogP) is 5.14. The smallest absolute Gasteiger partial charge is 0.416 e. The summed E-state index contributed by atoms with van der Waals surface area (Å²) < 4.78 is 67.4. The van der Waals surface area contributed by atoms with Gasteiger partial charge in [-0.25, -0.2) is 13.4 Å². The maximum absolute atomic E-state index is 12.8. The number of alkyl halides is 3. The van der Waals surface area contributed by atoms with E-state index in [-0.39, 0.29) is 22.0 Å². The minimum absolute atomic E-state index is 0.0152. The van der Waals surface area contributed by atoms with E-state index in [2.05, 4.69) is 4.98 Å². The average Bonchev–Trinajstić information content (AvgIpc) is 3.04. The summed E-state index contributed by atoms with van der Waals surface area (Å²) in [5.74, 6) is 0.520. The molecule has 0 N–H and O–H groups in total. The van der Waals surface area contributed by atoms with Gasteiger partial charge in [-0.3, -0.25) is 0 Å². The van der Waals surface area contributed by atoms with Crippen LogP contribution < -0.4 is 4.74 Å². The highest BCUT2D eigenvalue weighted by molar-refractivity contribution is 8.01. The van der Waals surface area contributed by atoms with E-state index in [1.807, 2.05) is 0 Å². The van der Waals surface area contributed by atoms with Gasteiger partial charge < -0.3 is 4.74 Å². The lowest BCUT2D eigenvalue weighted by Gasteiger charge is -2.13. The largest absolute Gasteiger partial charge is 0.439 e. The predicted molar refractivity (Wildman–Crippen MR) is 99.2 cm³/mol. The van der Waals surface area contributed by atoms with Crippen LogP contribution >= 0.6 is 23.4 Å². The van der Waals surface area contributed by atoms with Gasteiger partial charge in [0, 0.05) is 23.3 Å². The third-order valence-electron chi connectivity index (χ3n) is 4.11. The number of thioether (sulfide) groups is 1. The number of sulfone groups is 1. The molecule has 0 radical (unpaired) electrons. The second-order valence-electron chi connectivity index (χ2n) is 6.20. The molecule has 27 heavy (non-hydrogen) atoms. The molecule has 1 saturated heterocycles. The first-order valence-corrected chi connectivity index (χ1v) is 11.2. The number of benzene rings is 1. The minimum Gasteiger partial charge on any atom is -0.439 e. The second kappa shape index (κ2) is 7.52. The highest BCUT2D eigenvalue weighted by Gasteiger charge is 2.33. The fourth-order valence-corrected chi connectivity index (χ4v) is 6.09. The van der Waals surface area contributed by atoms with Crippen molar-refractivity contribution in [2.75, 3.05) is 12.0 Å². The van der Waals surface area contributed by atoms with Gasteiger partial charge in [0.15, 0.2) is 9.84 Å². The van der Waals surface area contributed by atoms with Gasteiger partial charge in [0.25, 0.3) is 0 Å². The number of aromatic nitrogens is 1. The lowest BCUT2D eigenvalue weighted by atomic mass is 10.1. The van der Waals surface area contributed by atoms with E-state index in [0.717, 1.165) is 17.7 Å². The molecule has 1 fully saturated rings.